The molecule has 1 fully saturated rings. The van der Waals surface area contributed by atoms with Crippen molar-refractivity contribution in [1.82, 2.24) is 0 Å². The molecule has 4 rings (SSSR count). The Balaban J connectivity index is 1.65. The van der Waals surface area contributed by atoms with Crippen molar-refractivity contribution in [3.63, 3.8) is 0 Å². The Morgan fingerprint density at radius 3 is 2.45 bits per heavy atom. The highest BCUT2D eigenvalue weighted by atomic mass is 16.1. The van der Waals surface area contributed by atoms with Crippen LogP contribution in [0.25, 0.3) is 0 Å². The van der Waals surface area contributed by atoms with Crippen molar-refractivity contribution < 1.29 is 4.79 Å². The van der Waals surface area contributed by atoms with Gasteiger partial charge in [-0.3, -0.25) is 4.79 Å². The van der Waals surface area contributed by atoms with Gasteiger partial charge in [0.15, 0.2) is 5.78 Å². The Bertz CT molecular complexity index is 806. The molecular formula is C28H40O. The molecule has 0 amide bonds. The van der Waals surface area contributed by atoms with Crippen molar-refractivity contribution in [3.8, 4) is 0 Å². The van der Waals surface area contributed by atoms with E-state index >= 15 is 0 Å². The first-order valence-electron chi connectivity index (χ1n) is 12.0. The molecule has 29 heavy (non-hydrogen) atoms. The second-order valence-corrected chi connectivity index (χ2v) is 11.3. The topological polar surface area (TPSA) is 17.1 Å². The zero-order chi connectivity index (χ0) is 21.0. The van der Waals surface area contributed by atoms with Crippen molar-refractivity contribution in [3.05, 3.63) is 47.1 Å². The molecule has 0 aliphatic heterocycles. The van der Waals surface area contributed by atoms with E-state index < -0.39 is 0 Å². The highest BCUT2D eigenvalue weighted by molar-refractivity contribution is 5.92. The van der Waals surface area contributed by atoms with Gasteiger partial charge in [-0.2, -0.15) is 0 Å². The van der Waals surface area contributed by atoms with Gasteiger partial charge in [0.25, 0.3) is 0 Å². The van der Waals surface area contributed by atoms with Crippen LogP contribution < -0.4 is 0 Å². The van der Waals surface area contributed by atoms with E-state index in [1.54, 1.807) is 11.1 Å². The third-order valence-electron chi connectivity index (χ3n) is 9.37. The van der Waals surface area contributed by atoms with E-state index in [9.17, 15) is 4.79 Å². The van der Waals surface area contributed by atoms with Crippen molar-refractivity contribution in [1.29, 1.82) is 0 Å². The largest absolute Gasteiger partial charge is 0.295 e. The summed E-state index contributed by atoms with van der Waals surface area (Å²) in [5.41, 5.74) is 5.21. The first-order valence-corrected chi connectivity index (χ1v) is 12.0. The summed E-state index contributed by atoms with van der Waals surface area (Å²) in [6.07, 6.45) is 18.5. The molecule has 0 N–H and O–H groups in total. The fourth-order valence-electron chi connectivity index (χ4n) is 6.91. The van der Waals surface area contributed by atoms with E-state index in [4.69, 9.17) is 0 Å². The molecule has 0 spiro atoms. The number of hydrogen-bond donors (Lipinski definition) is 0. The number of ketones is 1. The monoisotopic (exact) mass is 392 g/mol. The van der Waals surface area contributed by atoms with E-state index in [2.05, 4.69) is 65.8 Å². The molecule has 4 aliphatic carbocycles. The zero-order valence-electron chi connectivity index (χ0n) is 19.4. The molecule has 0 aromatic heterocycles. The smallest absolute Gasteiger partial charge is 0.156 e. The molecule has 6 atom stereocenters. The Morgan fingerprint density at radius 1 is 0.966 bits per heavy atom. The Hall–Kier alpha value is -1.37. The molecule has 1 heteroatoms. The number of carbonyl (C=O) groups excluding carboxylic acids is 1. The van der Waals surface area contributed by atoms with Crippen LogP contribution in [0.4, 0.5) is 0 Å². The van der Waals surface area contributed by atoms with Gasteiger partial charge in [-0.1, -0.05) is 71.4 Å². The Kier molecular flexibility index (Phi) is 5.33. The maximum atomic E-state index is 12.0. The van der Waals surface area contributed by atoms with Gasteiger partial charge in [0.2, 0.25) is 0 Å². The summed E-state index contributed by atoms with van der Waals surface area (Å²) in [5.74, 6) is 3.69. The molecule has 0 aromatic carbocycles. The van der Waals surface area contributed by atoms with Gasteiger partial charge in [-0.05, 0) is 89.7 Å². The molecule has 0 heterocycles. The molecule has 0 aromatic rings. The molecule has 158 valence electrons. The van der Waals surface area contributed by atoms with Crippen LogP contribution in [0, 0.1) is 40.4 Å². The summed E-state index contributed by atoms with van der Waals surface area (Å²) >= 11 is 0. The lowest BCUT2D eigenvalue weighted by atomic mass is 9.53. The lowest BCUT2D eigenvalue weighted by Gasteiger charge is -2.51. The quantitative estimate of drug-likeness (QED) is 0.454. The molecule has 0 saturated heterocycles. The van der Waals surface area contributed by atoms with E-state index in [0.717, 1.165) is 18.8 Å². The van der Waals surface area contributed by atoms with Crippen LogP contribution in [0.1, 0.15) is 80.1 Å². The minimum Gasteiger partial charge on any atom is -0.295 e. The summed E-state index contributed by atoms with van der Waals surface area (Å²) in [5, 5.41) is 0. The van der Waals surface area contributed by atoms with Crippen LogP contribution in [0.5, 0.6) is 0 Å². The van der Waals surface area contributed by atoms with Crippen LogP contribution in [0.15, 0.2) is 47.1 Å². The molecule has 0 unspecified atom stereocenters. The number of allylic oxidation sites excluding steroid dienone is 8. The Labute approximate surface area is 178 Å². The van der Waals surface area contributed by atoms with Crippen LogP contribution in [0.2, 0.25) is 0 Å². The normalized spacial score (nSPS) is 38.7. The summed E-state index contributed by atoms with van der Waals surface area (Å²) in [4.78, 5) is 12.0. The first kappa shape index (κ1) is 20.9. The SMILES string of the molecule is CC(C)[C@H](C)/C=C/[C@@H](C)[C@H]1CCC2=C3C=CC4=CC(=O)CC[C@@]4(C)[C@@H]3CC[C@@]21C. The molecular weight excluding hydrogens is 352 g/mol. The van der Waals surface area contributed by atoms with Crippen molar-refractivity contribution in [2.24, 2.45) is 40.4 Å². The van der Waals surface area contributed by atoms with Gasteiger partial charge < -0.3 is 0 Å². The van der Waals surface area contributed by atoms with E-state index in [-0.39, 0.29) is 5.41 Å². The molecule has 0 radical (unpaired) electrons. The van der Waals surface area contributed by atoms with Crippen molar-refractivity contribution in [2.45, 2.75) is 80.1 Å². The highest BCUT2D eigenvalue weighted by Gasteiger charge is 2.53. The predicted molar refractivity (Wildman–Crippen MR) is 122 cm³/mol. The fraction of sp³-hybridized carbons (Fsp3) is 0.679. The summed E-state index contributed by atoms with van der Waals surface area (Å²) in [6, 6.07) is 0. The van der Waals surface area contributed by atoms with Gasteiger partial charge in [-0.25, -0.2) is 0 Å². The van der Waals surface area contributed by atoms with E-state index in [0.29, 0.717) is 34.9 Å². The number of hydrogen-bond acceptors (Lipinski definition) is 1. The maximum Gasteiger partial charge on any atom is 0.156 e. The summed E-state index contributed by atoms with van der Waals surface area (Å²) in [7, 11) is 0. The maximum absolute atomic E-state index is 12.0. The second-order valence-electron chi connectivity index (χ2n) is 11.3. The predicted octanol–water partition coefficient (Wildman–Crippen LogP) is 7.46. The number of rotatable bonds is 4. The highest BCUT2D eigenvalue weighted by Crippen LogP contribution is 2.63. The van der Waals surface area contributed by atoms with Crippen LogP contribution in [-0.2, 0) is 4.79 Å². The van der Waals surface area contributed by atoms with Gasteiger partial charge in [0, 0.05) is 6.42 Å². The fourth-order valence-corrected chi connectivity index (χ4v) is 6.91. The average molecular weight is 393 g/mol. The molecule has 1 saturated carbocycles. The average Bonchev–Trinajstić information content (AvgIpc) is 3.03. The van der Waals surface area contributed by atoms with E-state index in [1.165, 1.54) is 31.3 Å². The zero-order valence-corrected chi connectivity index (χ0v) is 19.4. The van der Waals surface area contributed by atoms with Crippen molar-refractivity contribution >= 4 is 5.78 Å². The minimum atomic E-state index is 0.169. The number of carbonyl (C=O) groups is 1. The van der Waals surface area contributed by atoms with Gasteiger partial charge >= 0.3 is 0 Å². The number of fused-ring (bicyclic) bond motifs is 4. The second kappa shape index (κ2) is 7.40. The van der Waals surface area contributed by atoms with Crippen LogP contribution >= 0.6 is 0 Å². The standard InChI is InChI=1S/C28H40O/c1-18(2)19(3)7-8-20(4)24-11-12-25-23-10-9-21-17-22(29)13-15-27(21,5)26(23)14-16-28(24,25)6/h7-10,17-20,24,26H,11-16H2,1-6H3/b8-7+/t19-,20-,24-,26-,27-,28-/m1/s1. The molecule has 0 bridgehead atoms. The third-order valence-corrected chi connectivity index (χ3v) is 9.37. The Morgan fingerprint density at radius 2 is 1.72 bits per heavy atom. The van der Waals surface area contributed by atoms with Crippen LogP contribution in [-0.4, -0.2) is 5.78 Å². The third kappa shape index (κ3) is 3.33. The van der Waals surface area contributed by atoms with Gasteiger partial charge in [0.1, 0.15) is 0 Å². The lowest BCUT2D eigenvalue weighted by Crippen LogP contribution is -2.41. The van der Waals surface area contributed by atoms with Crippen LogP contribution in [0.3, 0.4) is 0 Å². The summed E-state index contributed by atoms with van der Waals surface area (Å²) < 4.78 is 0. The van der Waals surface area contributed by atoms with Gasteiger partial charge in [0.05, 0.1) is 0 Å². The molecule has 1 nitrogen and oxygen atoms in total. The first-order chi connectivity index (χ1) is 13.7. The lowest BCUT2D eigenvalue weighted by molar-refractivity contribution is -0.116. The van der Waals surface area contributed by atoms with Gasteiger partial charge in [-0.15, -0.1) is 0 Å². The van der Waals surface area contributed by atoms with Crippen molar-refractivity contribution in [2.75, 3.05) is 0 Å². The minimum absolute atomic E-state index is 0.169. The molecule has 4 aliphatic rings. The van der Waals surface area contributed by atoms with E-state index in [1.807, 2.05) is 6.08 Å². The summed E-state index contributed by atoms with van der Waals surface area (Å²) in [6.45, 7) is 14.4.